The molecule has 1 aromatic carbocycles. The predicted molar refractivity (Wildman–Crippen MR) is 93.7 cm³/mol. The van der Waals surface area contributed by atoms with E-state index in [1.165, 1.54) is 19.2 Å². The topological polar surface area (TPSA) is 83.5 Å². The summed E-state index contributed by atoms with van der Waals surface area (Å²) in [7, 11) is -1.71. The van der Waals surface area contributed by atoms with Crippen molar-refractivity contribution in [2.45, 2.75) is 24.2 Å². The Bertz CT molecular complexity index is 875. The molecule has 6 nitrogen and oxygen atoms in total. The Kier molecular flexibility index (Phi) is 6.24. The van der Waals surface area contributed by atoms with Gasteiger partial charge in [0.25, 0.3) is 0 Å². The van der Waals surface area contributed by atoms with Gasteiger partial charge in [0.05, 0.1) is 11.4 Å². The lowest BCUT2D eigenvalue weighted by Gasteiger charge is -2.11. The van der Waals surface area contributed by atoms with Crippen LogP contribution in [0.3, 0.4) is 0 Å². The van der Waals surface area contributed by atoms with E-state index in [0.29, 0.717) is 12.5 Å². The van der Waals surface area contributed by atoms with Gasteiger partial charge in [-0.3, -0.25) is 4.99 Å². The first-order valence-electron chi connectivity index (χ1n) is 7.34. The molecule has 0 fully saturated rings. The van der Waals surface area contributed by atoms with Crippen LogP contribution in [0.1, 0.15) is 16.3 Å². The van der Waals surface area contributed by atoms with Crippen LogP contribution in [-0.2, 0) is 29.1 Å². The van der Waals surface area contributed by atoms with Crippen molar-refractivity contribution in [3.63, 3.8) is 0 Å². The second-order valence-electron chi connectivity index (χ2n) is 5.32. The van der Waals surface area contributed by atoms with Crippen LogP contribution in [0.2, 0.25) is 0 Å². The normalized spacial score (nSPS) is 12.9. The summed E-state index contributed by atoms with van der Waals surface area (Å²) in [4.78, 5) is 7.74. The summed E-state index contributed by atoms with van der Waals surface area (Å²) in [5.41, 5.74) is -0.0813. The fourth-order valence-electron chi connectivity index (χ4n) is 1.94. The summed E-state index contributed by atoms with van der Waals surface area (Å²) in [6.07, 6.45) is -3.32. The van der Waals surface area contributed by atoms with Crippen LogP contribution in [-0.4, -0.2) is 32.7 Å². The molecule has 2 N–H and O–H groups in total. The Balaban J connectivity index is 1.89. The molecule has 0 spiro atoms. The number of halogens is 3. The molecule has 0 aliphatic carbocycles. The maximum atomic E-state index is 12.5. The molecule has 1 aromatic heterocycles. The number of nitrogens with one attached hydrogen (secondary N) is 2. The first kappa shape index (κ1) is 20.2. The molecule has 0 bridgehead atoms. The first-order valence-corrected chi connectivity index (χ1v) is 10.1. The zero-order chi connectivity index (χ0) is 19.4. The van der Waals surface area contributed by atoms with Gasteiger partial charge in [-0.05, 0) is 17.7 Å². The highest BCUT2D eigenvalue weighted by molar-refractivity contribution is 7.90. The van der Waals surface area contributed by atoms with E-state index in [1.807, 2.05) is 0 Å². The van der Waals surface area contributed by atoms with E-state index >= 15 is 0 Å². The van der Waals surface area contributed by atoms with Crippen LogP contribution in [0.15, 0.2) is 39.5 Å². The van der Waals surface area contributed by atoms with Crippen molar-refractivity contribution in [2.75, 3.05) is 13.3 Å². The third kappa shape index (κ3) is 5.70. The molecule has 1 heterocycles. The third-order valence-electron chi connectivity index (χ3n) is 3.28. The van der Waals surface area contributed by atoms with E-state index in [9.17, 15) is 21.6 Å². The van der Waals surface area contributed by atoms with Crippen LogP contribution in [0.4, 0.5) is 13.2 Å². The second-order valence-corrected chi connectivity index (χ2v) is 8.28. The quantitative estimate of drug-likeness (QED) is 0.589. The van der Waals surface area contributed by atoms with E-state index < -0.39 is 21.7 Å². The SMILES string of the molecule is CN=C(NCc1ccc(S(C)(=O)=O)cc1)NCc1nc(C(F)(F)F)cs1. The lowest BCUT2D eigenvalue weighted by Crippen LogP contribution is -2.36. The summed E-state index contributed by atoms with van der Waals surface area (Å²) in [5.74, 6) is 0.390. The van der Waals surface area contributed by atoms with Crippen LogP contribution >= 0.6 is 11.3 Å². The predicted octanol–water partition coefficient (Wildman–Crippen LogP) is 2.43. The number of sulfone groups is 1. The number of guanidine groups is 1. The van der Waals surface area contributed by atoms with Gasteiger partial charge in [0.2, 0.25) is 0 Å². The number of benzene rings is 1. The highest BCUT2D eigenvalue weighted by Gasteiger charge is 2.33. The standard InChI is InChI=1S/C15H17F3N4O2S2/c1-19-14(21-8-13-22-12(9-25-13)15(16,17)18)20-7-10-3-5-11(6-4-10)26(2,23)24/h3-6,9H,7-8H2,1-2H3,(H2,19,20,21). The largest absolute Gasteiger partial charge is 0.434 e. The Morgan fingerprint density at radius 1 is 1.19 bits per heavy atom. The molecule has 0 saturated carbocycles. The number of hydrogen-bond acceptors (Lipinski definition) is 5. The molecule has 0 unspecified atom stereocenters. The molecule has 0 aliphatic heterocycles. The van der Waals surface area contributed by atoms with Gasteiger partial charge in [-0.2, -0.15) is 13.2 Å². The average Bonchev–Trinajstić information content (AvgIpc) is 3.04. The highest BCUT2D eigenvalue weighted by atomic mass is 32.2. The van der Waals surface area contributed by atoms with Crippen molar-refractivity contribution in [3.8, 4) is 0 Å². The van der Waals surface area contributed by atoms with Gasteiger partial charge in [0, 0.05) is 25.2 Å². The van der Waals surface area contributed by atoms with Crippen LogP contribution in [0.25, 0.3) is 0 Å². The minimum absolute atomic E-state index is 0.105. The minimum atomic E-state index is -4.45. The molecule has 0 aliphatic rings. The molecule has 0 saturated heterocycles. The maximum absolute atomic E-state index is 12.5. The number of thiazole rings is 1. The van der Waals surface area contributed by atoms with Gasteiger partial charge in [0.1, 0.15) is 5.01 Å². The fraction of sp³-hybridized carbons (Fsp3) is 0.333. The van der Waals surface area contributed by atoms with Gasteiger partial charge >= 0.3 is 6.18 Å². The Labute approximate surface area is 153 Å². The van der Waals surface area contributed by atoms with Crippen LogP contribution < -0.4 is 10.6 Å². The zero-order valence-corrected chi connectivity index (χ0v) is 15.6. The van der Waals surface area contributed by atoms with E-state index in [1.54, 1.807) is 12.1 Å². The molecule has 0 atom stereocenters. The summed E-state index contributed by atoms with van der Waals surface area (Å²) < 4.78 is 60.4. The number of aliphatic imine (C=N–C) groups is 1. The zero-order valence-electron chi connectivity index (χ0n) is 14.0. The number of aromatic nitrogens is 1. The highest BCUT2D eigenvalue weighted by Crippen LogP contribution is 2.29. The molecule has 11 heteroatoms. The summed E-state index contributed by atoms with van der Waals surface area (Å²) >= 11 is 0.914. The van der Waals surface area contributed by atoms with Gasteiger partial charge < -0.3 is 10.6 Å². The lowest BCUT2D eigenvalue weighted by atomic mass is 10.2. The molecule has 0 radical (unpaired) electrons. The maximum Gasteiger partial charge on any atom is 0.434 e. The summed E-state index contributed by atoms with van der Waals surface area (Å²) in [6.45, 7) is 0.475. The molecule has 26 heavy (non-hydrogen) atoms. The molecular formula is C15H17F3N4O2S2. The monoisotopic (exact) mass is 406 g/mol. The van der Waals surface area contributed by atoms with Crippen LogP contribution in [0.5, 0.6) is 0 Å². The van der Waals surface area contributed by atoms with E-state index in [2.05, 4.69) is 20.6 Å². The molecule has 0 amide bonds. The van der Waals surface area contributed by atoms with Gasteiger partial charge in [-0.1, -0.05) is 12.1 Å². The van der Waals surface area contributed by atoms with E-state index in [4.69, 9.17) is 0 Å². The fourth-order valence-corrected chi connectivity index (χ4v) is 3.31. The first-order chi connectivity index (χ1) is 12.1. The smallest absolute Gasteiger partial charge is 0.352 e. The Morgan fingerprint density at radius 3 is 2.31 bits per heavy atom. The van der Waals surface area contributed by atoms with Crippen molar-refractivity contribution in [2.24, 2.45) is 4.99 Å². The molecule has 142 valence electrons. The third-order valence-corrected chi connectivity index (χ3v) is 5.26. The van der Waals surface area contributed by atoms with Crippen molar-refractivity contribution >= 4 is 27.1 Å². The Morgan fingerprint density at radius 2 is 1.81 bits per heavy atom. The number of alkyl halides is 3. The molecule has 2 rings (SSSR count). The van der Waals surface area contributed by atoms with Crippen LogP contribution in [0, 0.1) is 0 Å². The number of rotatable bonds is 5. The number of hydrogen-bond donors (Lipinski definition) is 2. The van der Waals surface area contributed by atoms with Crippen molar-refractivity contribution in [1.82, 2.24) is 15.6 Å². The summed E-state index contributed by atoms with van der Waals surface area (Å²) in [6, 6.07) is 6.37. The van der Waals surface area contributed by atoms with E-state index in [0.717, 1.165) is 28.5 Å². The van der Waals surface area contributed by atoms with Crippen molar-refractivity contribution in [3.05, 3.63) is 45.9 Å². The minimum Gasteiger partial charge on any atom is -0.352 e. The average molecular weight is 406 g/mol. The second kappa shape index (κ2) is 8.04. The number of nitrogens with zero attached hydrogens (tertiary/aromatic N) is 2. The molecular weight excluding hydrogens is 389 g/mol. The summed E-state index contributed by atoms with van der Waals surface area (Å²) in [5, 5.41) is 7.13. The van der Waals surface area contributed by atoms with Crippen molar-refractivity contribution in [1.29, 1.82) is 0 Å². The van der Waals surface area contributed by atoms with Gasteiger partial charge in [-0.25, -0.2) is 13.4 Å². The van der Waals surface area contributed by atoms with E-state index in [-0.39, 0.29) is 16.4 Å². The van der Waals surface area contributed by atoms with Crippen molar-refractivity contribution < 1.29 is 21.6 Å². The molecule has 2 aromatic rings. The van der Waals surface area contributed by atoms with Gasteiger partial charge in [0.15, 0.2) is 21.5 Å². The Hall–Kier alpha value is -2.14. The van der Waals surface area contributed by atoms with Gasteiger partial charge in [-0.15, -0.1) is 11.3 Å². The lowest BCUT2D eigenvalue weighted by molar-refractivity contribution is -0.140.